The van der Waals surface area contributed by atoms with E-state index in [0.717, 1.165) is 10.5 Å². The van der Waals surface area contributed by atoms with Crippen molar-refractivity contribution in [3.8, 4) is 0 Å². The van der Waals surface area contributed by atoms with Gasteiger partial charge in [0.1, 0.15) is 17.7 Å². The number of amides is 1. The average molecular weight is 370 g/mol. The van der Waals surface area contributed by atoms with Crippen LogP contribution in [0, 0.1) is 11.6 Å². The highest BCUT2D eigenvalue weighted by molar-refractivity contribution is 9.10. The molecule has 116 valence electrons. The molecule has 6 heteroatoms. The lowest BCUT2D eigenvalue weighted by Crippen LogP contribution is -2.86. The molecule has 0 aliphatic rings. The zero-order valence-corrected chi connectivity index (χ0v) is 13.5. The highest BCUT2D eigenvalue weighted by atomic mass is 79.9. The maximum absolute atomic E-state index is 13.7. The number of hydrogen-bond donors (Lipinski definition) is 2. The summed E-state index contributed by atoms with van der Waals surface area (Å²) >= 11 is 3.33. The van der Waals surface area contributed by atoms with Crippen LogP contribution in [0.15, 0.2) is 46.9 Å². The summed E-state index contributed by atoms with van der Waals surface area (Å²) in [7, 11) is 0. The van der Waals surface area contributed by atoms with Crippen LogP contribution in [0.1, 0.15) is 18.5 Å². The number of hydrogen-bond acceptors (Lipinski definition) is 1. The van der Waals surface area contributed by atoms with E-state index < -0.39 is 11.6 Å². The van der Waals surface area contributed by atoms with Crippen molar-refractivity contribution in [1.29, 1.82) is 0 Å². The van der Waals surface area contributed by atoms with Gasteiger partial charge in [-0.05, 0) is 37.3 Å². The fourth-order valence-electron chi connectivity index (χ4n) is 2.06. The fraction of sp³-hybridized carbons (Fsp3) is 0.188. The molecule has 0 saturated heterocycles. The monoisotopic (exact) mass is 369 g/mol. The van der Waals surface area contributed by atoms with Crippen LogP contribution in [-0.2, 0) is 4.79 Å². The average Bonchev–Trinajstić information content (AvgIpc) is 2.45. The minimum Gasteiger partial charge on any atom is -0.332 e. The third-order valence-corrected chi connectivity index (χ3v) is 3.71. The van der Waals surface area contributed by atoms with E-state index >= 15 is 0 Å². The van der Waals surface area contributed by atoms with E-state index in [1.165, 1.54) is 12.1 Å². The van der Waals surface area contributed by atoms with E-state index in [1.807, 2.05) is 12.1 Å². The van der Waals surface area contributed by atoms with Crippen molar-refractivity contribution < 1.29 is 18.9 Å². The topological polar surface area (TPSA) is 45.7 Å². The van der Waals surface area contributed by atoms with Crippen molar-refractivity contribution in [2.75, 3.05) is 11.9 Å². The maximum atomic E-state index is 13.7. The van der Waals surface area contributed by atoms with Crippen molar-refractivity contribution in [2.24, 2.45) is 0 Å². The Kier molecular flexibility index (Phi) is 5.63. The Morgan fingerprint density at radius 1 is 1.27 bits per heavy atom. The molecule has 0 fully saturated rings. The van der Waals surface area contributed by atoms with Crippen molar-refractivity contribution in [3.63, 3.8) is 0 Å². The number of anilines is 1. The number of halogens is 3. The SMILES string of the molecule is C[C@H]([NH2+]CC(=O)Nc1cccc(Br)c1)c1ccc(F)cc1F. The Balaban J connectivity index is 1.90. The van der Waals surface area contributed by atoms with Crippen LogP contribution in [0.2, 0.25) is 0 Å². The first-order chi connectivity index (χ1) is 10.5. The molecule has 0 bridgehead atoms. The predicted molar refractivity (Wildman–Crippen MR) is 84.3 cm³/mol. The van der Waals surface area contributed by atoms with Crippen LogP contribution >= 0.6 is 15.9 Å². The molecule has 2 aromatic rings. The van der Waals surface area contributed by atoms with Gasteiger partial charge in [0.2, 0.25) is 0 Å². The largest absolute Gasteiger partial charge is 0.332 e. The summed E-state index contributed by atoms with van der Waals surface area (Å²) in [5, 5.41) is 4.46. The van der Waals surface area contributed by atoms with Gasteiger partial charge in [-0.3, -0.25) is 4.79 Å². The number of carbonyl (C=O) groups excluding carboxylic acids is 1. The van der Waals surface area contributed by atoms with Crippen molar-refractivity contribution >= 4 is 27.5 Å². The number of rotatable bonds is 5. The molecule has 0 unspecified atom stereocenters. The highest BCUT2D eigenvalue weighted by Gasteiger charge is 2.16. The minimum absolute atomic E-state index is 0.143. The van der Waals surface area contributed by atoms with E-state index in [9.17, 15) is 13.6 Å². The summed E-state index contributed by atoms with van der Waals surface area (Å²) < 4.78 is 27.4. The molecule has 0 spiro atoms. The summed E-state index contributed by atoms with van der Waals surface area (Å²) in [6.45, 7) is 1.91. The first-order valence-corrected chi connectivity index (χ1v) is 7.58. The third kappa shape index (κ3) is 4.61. The fourth-order valence-corrected chi connectivity index (χ4v) is 2.46. The second-order valence-corrected chi connectivity index (χ2v) is 5.87. The maximum Gasteiger partial charge on any atom is 0.279 e. The summed E-state index contributed by atoms with van der Waals surface area (Å²) in [6.07, 6.45) is 0. The van der Waals surface area contributed by atoms with Gasteiger partial charge in [-0.25, -0.2) is 8.78 Å². The molecule has 0 aromatic heterocycles. The van der Waals surface area contributed by atoms with Gasteiger partial charge in [-0.2, -0.15) is 0 Å². The van der Waals surface area contributed by atoms with E-state index in [0.29, 0.717) is 11.3 Å². The molecule has 0 saturated carbocycles. The lowest BCUT2D eigenvalue weighted by molar-refractivity contribution is -0.682. The summed E-state index contributed by atoms with van der Waals surface area (Å²) in [6, 6.07) is 10.4. The molecule has 0 heterocycles. The standard InChI is InChI=1S/C16H15BrF2N2O/c1-10(14-6-5-12(18)8-15(14)19)20-9-16(22)21-13-4-2-3-11(17)7-13/h2-8,10,20H,9H2,1H3,(H,21,22)/p+1/t10-/m0/s1. The molecule has 0 aliphatic heterocycles. The summed E-state index contributed by atoms with van der Waals surface area (Å²) in [5.41, 5.74) is 1.06. The quantitative estimate of drug-likeness (QED) is 0.835. The van der Waals surface area contributed by atoms with Gasteiger partial charge >= 0.3 is 0 Å². The molecule has 3 nitrogen and oxygen atoms in total. The molecule has 2 rings (SSSR count). The van der Waals surface area contributed by atoms with Gasteiger partial charge < -0.3 is 10.6 Å². The molecule has 1 atom stereocenters. The van der Waals surface area contributed by atoms with Crippen LogP contribution in [0.4, 0.5) is 14.5 Å². The highest BCUT2D eigenvalue weighted by Crippen LogP contribution is 2.16. The zero-order chi connectivity index (χ0) is 16.1. The van der Waals surface area contributed by atoms with E-state index in [4.69, 9.17) is 0 Å². The van der Waals surface area contributed by atoms with Gasteiger partial charge in [0, 0.05) is 21.8 Å². The first kappa shape index (κ1) is 16.6. The molecule has 1 amide bonds. The number of nitrogens with one attached hydrogen (secondary N) is 1. The van der Waals surface area contributed by atoms with Crippen LogP contribution in [-0.4, -0.2) is 12.5 Å². The molecular weight excluding hydrogens is 354 g/mol. The smallest absolute Gasteiger partial charge is 0.279 e. The van der Waals surface area contributed by atoms with Gasteiger partial charge in [0.15, 0.2) is 6.54 Å². The minimum atomic E-state index is -0.610. The second-order valence-electron chi connectivity index (χ2n) is 4.95. The van der Waals surface area contributed by atoms with Crippen LogP contribution in [0.5, 0.6) is 0 Å². The number of benzene rings is 2. The van der Waals surface area contributed by atoms with E-state index in [-0.39, 0.29) is 18.5 Å². The number of nitrogens with two attached hydrogens (primary N) is 1. The lowest BCUT2D eigenvalue weighted by atomic mass is 10.1. The van der Waals surface area contributed by atoms with Crippen LogP contribution in [0.3, 0.4) is 0 Å². The Bertz CT molecular complexity index is 679. The third-order valence-electron chi connectivity index (χ3n) is 3.22. The van der Waals surface area contributed by atoms with Gasteiger partial charge in [0.05, 0.1) is 0 Å². The summed E-state index contributed by atoms with van der Waals surface area (Å²) in [5.74, 6) is -1.40. The Hall–Kier alpha value is -1.79. The second kappa shape index (κ2) is 7.47. The van der Waals surface area contributed by atoms with Gasteiger partial charge in [0.25, 0.3) is 5.91 Å². The predicted octanol–water partition coefficient (Wildman–Crippen LogP) is 2.99. The normalized spacial score (nSPS) is 12.0. The van der Waals surface area contributed by atoms with Gasteiger partial charge in [-0.15, -0.1) is 0 Å². The van der Waals surface area contributed by atoms with Crippen molar-refractivity contribution in [3.05, 3.63) is 64.1 Å². The molecule has 2 aromatic carbocycles. The van der Waals surface area contributed by atoms with Crippen LogP contribution in [0.25, 0.3) is 0 Å². The number of carbonyl (C=O) groups is 1. The van der Waals surface area contributed by atoms with Gasteiger partial charge in [-0.1, -0.05) is 22.0 Å². The molecule has 3 N–H and O–H groups in total. The van der Waals surface area contributed by atoms with E-state index in [1.54, 1.807) is 24.4 Å². The zero-order valence-electron chi connectivity index (χ0n) is 11.9. The molecule has 0 radical (unpaired) electrons. The number of quaternary nitrogens is 1. The Morgan fingerprint density at radius 3 is 2.73 bits per heavy atom. The van der Waals surface area contributed by atoms with Crippen molar-refractivity contribution in [1.82, 2.24) is 0 Å². The van der Waals surface area contributed by atoms with Crippen molar-refractivity contribution in [2.45, 2.75) is 13.0 Å². The summed E-state index contributed by atoms with van der Waals surface area (Å²) in [4.78, 5) is 11.9. The van der Waals surface area contributed by atoms with Crippen LogP contribution < -0.4 is 10.6 Å². The lowest BCUT2D eigenvalue weighted by Gasteiger charge is -2.12. The van der Waals surface area contributed by atoms with E-state index in [2.05, 4.69) is 21.2 Å². The molecule has 0 aliphatic carbocycles. The molecular formula is C16H16BrF2N2O+. The Morgan fingerprint density at radius 2 is 2.05 bits per heavy atom. The molecule has 22 heavy (non-hydrogen) atoms. The first-order valence-electron chi connectivity index (χ1n) is 6.79. The Labute approximate surface area is 135 Å².